The summed E-state index contributed by atoms with van der Waals surface area (Å²) in [6.45, 7) is -0.546. The Labute approximate surface area is 135 Å². The van der Waals surface area contributed by atoms with Crippen LogP contribution in [0.2, 0.25) is 5.02 Å². The van der Waals surface area contributed by atoms with Crippen molar-refractivity contribution in [3.63, 3.8) is 0 Å². The van der Waals surface area contributed by atoms with E-state index in [0.29, 0.717) is 0 Å². The van der Waals surface area contributed by atoms with E-state index in [1.807, 2.05) is 0 Å². The first-order valence-corrected chi connectivity index (χ1v) is 8.41. The molecule has 3 N–H and O–H groups in total. The van der Waals surface area contributed by atoms with E-state index in [2.05, 4.69) is 15.9 Å². The van der Waals surface area contributed by atoms with Crippen LogP contribution in [-0.2, 0) is 14.8 Å². The maximum atomic E-state index is 14.1. The Morgan fingerprint density at radius 3 is 2.67 bits per heavy atom. The zero-order chi connectivity index (χ0) is 16.2. The summed E-state index contributed by atoms with van der Waals surface area (Å²) in [4.78, 5) is -0.641. The molecule has 120 valence electrons. The molecule has 0 spiro atoms. The number of anilines is 1. The van der Waals surface area contributed by atoms with E-state index in [-0.39, 0.29) is 29.2 Å². The van der Waals surface area contributed by atoms with Gasteiger partial charge in [0.05, 0.1) is 28.4 Å². The van der Waals surface area contributed by atoms with Crippen molar-refractivity contribution in [1.29, 1.82) is 0 Å². The number of nitrogen functional groups attached to an aromatic ring is 1. The Balaban J connectivity index is 3.34. The average Bonchev–Trinajstić information content (AvgIpc) is 2.44. The SMILES string of the molecule is COCCN(CCO)S(=O)(=O)c1cc(Cl)c(Br)c(N)c1F. The smallest absolute Gasteiger partial charge is 0.246 e. The van der Waals surface area contributed by atoms with Crippen LogP contribution in [0, 0.1) is 5.82 Å². The summed E-state index contributed by atoms with van der Waals surface area (Å²) in [6, 6.07) is 0.976. The Kier molecular flexibility index (Phi) is 6.82. The third kappa shape index (κ3) is 4.05. The van der Waals surface area contributed by atoms with Crippen LogP contribution in [0.3, 0.4) is 0 Å². The van der Waals surface area contributed by atoms with Crippen molar-refractivity contribution in [1.82, 2.24) is 4.31 Å². The summed E-state index contributed by atoms with van der Waals surface area (Å²) < 4.78 is 44.9. The molecule has 21 heavy (non-hydrogen) atoms. The van der Waals surface area contributed by atoms with Gasteiger partial charge in [-0.25, -0.2) is 12.8 Å². The molecule has 0 atom stereocenters. The minimum Gasteiger partial charge on any atom is -0.395 e. The van der Waals surface area contributed by atoms with Gasteiger partial charge in [-0.05, 0) is 22.0 Å². The normalized spacial score (nSPS) is 12.1. The van der Waals surface area contributed by atoms with Gasteiger partial charge in [-0.1, -0.05) is 11.6 Å². The number of aliphatic hydroxyl groups is 1. The average molecular weight is 406 g/mol. The maximum absolute atomic E-state index is 14.1. The van der Waals surface area contributed by atoms with Gasteiger partial charge in [0.15, 0.2) is 5.82 Å². The quantitative estimate of drug-likeness (QED) is 0.529. The van der Waals surface area contributed by atoms with E-state index < -0.39 is 33.0 Å². The highest BCUT2D eigenvalue weighted by Gasteiger charge is 2.29. The largest absolute Gasteiger partial charge is 0.395 e. The lowest BCUT2D eigenvalue weighted by Gasteiger charge is -2.22. The Morgan fingerprint density at radius 1 is 1.52 bits per heavy atom. The van der Waals surface area contributed by atoms with Gasteiger partial charge in [0.25, 0.3) is 0 Å². The van der Waals surface area contributed by atoms with E-state index in [1.54, 1.807) is 0 Å². The van der Waals surface area contributed by atoms with E-state index >= 15 is 0 Å². The molecule has 0 saturated carbocycles. The fraction of sp³-hybridized carbons (Fsp3) is 0.455. The van der Waals surface area contributed by atoms with Gasteiger partial charge in [-0.2, -0.15) is 4.31 Å². The van der Waals surface area contributed by atoms with E-state index in [1.165, 1.54) is 7.11 Å². The molecule has 1 aromatic rings. The number of sulfonamides is 1. The van der Waals surface area contributed by atoms with Crippen LogP contribution in [-0.4, -0.2) is 51.2 Å². The van der Waals surface area contributed by atoms with Crippen LogP contribution in [0.4, 0.5) is 10.1 Å². The maximum Gasteiger partial charge on any atom is 0.246 e. The third-order valence-electron chi connectivity index (χ3n) is 2.67. The number of rotatable bonds is 7. The van der Waals surface area contributed by atoms with Gasteiger partial charge in [-0.3, -0.25) is 0 Å². The Bertz CT molecular complexity index is 615. The molecule has 1 aromatic carbocycles. The zero-order valence-electron chi connectivity index (χ0n) is 11.1. The summed E-state index contributed by atoms with van der Waals surface area (Å²) in [7, 11) is -2.79. The highest BCUT2D eigenvalue weighted by Crippen LogP contribution is 2.35. The second-order valence-corrected chi connectivity index (χ2v) is 7.13. The number of hydrogen-bond acceptors (Lipinski definition) is 5. The highest BCUT2D eigenvalue weighted by atomic mass is 79.9. The molecule has 0 radical (unpaired) electrons. The first-order valence-electron chi connectivity index (χ1n) is 5.80. The van der Waals surface area contributed by atoms with Gasteiger partial charge in [0.2, 0.25) is 10.0 Å². The highest BCUT2D eigenvalue weighted by molar-refractivity contribution is 9.10. The minimum absolute atomic E-state index is 0.0248. The van der Waals surface area contributed by atoms with Crippen molar-refractivity contribution in [3.05, 3.63) is 21.4 Å². The molecule has 0 bridgehead atoms. The predicted octanol–water partition coefficient (Wildman–Crippen LogP) is 1.45. The van der Waals surface area contributed by atoms with Crippen LogP contribution in [0.1, 0.15) is 0 Å². The van der Waals surface area contributed by atoms with Gasteiger partial charge in [0.1, 0.15) is 4.90 Å². The first kappa shape index (κ1) is 18.6. The zero-order valence-corrected chi connectivity index (χ0v) is 14.3. The van der Waals surface area contributed by atoms with Gasteiger partial charge in [0, 0.05) is 20.2 Å². The van der Waals surface area contributed by atoms with Crippen molar-refractivity contribution in [2.24, 2.45) is 0 Å². The number of aliphatic hydroxyl groups excluding tert-OH is 1. The molecule has 0 aliphatic heterocycles. The summed E-state index contributed by atoms with van der Waals surface area (Å²) >= 11 is 8.81. The fourth-order valence-electron chi connectivity index (χ4n) is 1.58. The molecule has 0 unspecified atom stereocenters. The lowest BCUT2D eigenvalue weighted by Crippen LogP contribution is -2.36. The Morgan fingerprint density at radius 2 is 2.14 bits per heavy atom. The molecular weight excluding hydrogens is 391 g/mol. The fourth-order valence-corrected chi connectivity index (χ4v) is 3.67. The van der Waals surface area contributed by atoms with Gasteiger partial charge in [-0.15, -0.1) is 0 Å². The number of halogens is 3. The topological polar surface area (TPSA) is 92.9 Å². The number of nitrogens with zero attached hydrogens (tertiary/aromatic N) is 1. The van der Waals surface area contributed by atoms with Crippen LogP contribution < -0.4 is 5.73 Å². The monoisotopic (exact) mass is 404 g/mol. The van der Waals surface area contributed by atoms with E-state index in [9.17, 15) is 12.8 Å². The molecule has 0 fully saturated rings. The Hall–Kier alpha value is -0.450. The lowest BCUT2D eigenvalue weighted by molar-refractivity contribution is 0.168. The standard InChI is InChI=1S/C11H15BrClFN2O4S/c1-20-5-3-16(2-4-17)21(18,19)8-6-7(13)9(12)11(15)10(8)14/h6,17H,2-5,15H2,1H3. The predicted molar refractivity (Wildman–Crippen MR) is 81.2 cm³/mol. The van der Waals surface area contributed by atoms with Crippen LogP contribution in [0.15, 0.2) is 15.4 Å². The number of ether oxygens (including phenoxy) is 1. The first-order chi connectivity index (χ1) is 9.77. The van der Waals surface area contributed by atoms with Crippen LogP contribution >= 0.6 is 27.5 Å². The van der Waals surface area contributed by atoms with E-state index in [0.717, 1.165) is 10.4 Å². The summed E-state index contributed by atoms with van der Waals surface area (Å²) in [5.41, 5.74) is 5.10. The van der Waals surface area contributed by atoms with Gasteiger partial charge >= 0.3 is 0 Å². The summed E-state index contributed by atoms with van der Waals surface area (Å²) in [5.74, 6) is -1.09. The molecule has 0 aliphatic rings. The lowest BCUT2D eigenvalue weighted by atomic mass is 10.3. The number of benzene rings is 1. The summed E-state index contributed by atoms with van der Waals surface area (Å²) in [5, 5.41) is 8.95. The third-order valence-corrected chi connectivity index (χ3v) is 5.95. The molecule has 0 heterocycles. The molecular formula is C11H15BrClFN2O4S. The molecule has 10 heteroatoms. The number of hydrogen-bond donors (Lipinski definition) is 2. The second kappa shape index (κ2) is 7.70. The second-order valence-electron chi connectivity index (χ2n) is 4.02. The van der Waals surface area contributed by atoms with Gasteiger partial charge < -0.3 is 15.6 Å². The summed E-state index contributed by atoms with van der Waals surface area (Å²) in [6.07, 6.45) is 0. The van der Waals surface area contributed by atoms with Crippen molar-refractivity contribution in [2.45, 2.75) is 4.90 Å². The van der Waals surface area contributed by atoms with Crippen molar-refractivity contribution >= 4 is 43.2 Å². The molecule has 0 aliphatic carbocycles. The molecule has 0 amide bonds. The van der Waals surface area contributed by atoms with Crippen LogP contribution in [0.25, 0.3) is 0 Å². The van der Waals surface area contributed by atoms with E-state index in [4.69, 9.17) is 27.2 Å². The number of nitrogens with two attached hydrogens (primary N) is 1. The van der Waals surface area contributed by atoms with Crippen molar-refractivity contribution in [3.8, 4) is 0 Å². The molecule has 1 rings (SSSR count). The van der Waals surface area contributed by atoms with Crippen molar-refractivity contribution in [2.75, 3.05) is 39.1 Å². The number of methoxy groups -OCH3 is 1. The molecule has 0 saturated heterocycles. The molecule has 6 nitrogen and oxygen atoms in total. The molecule has 0 aromatic heterocycles. The van der Waals surface area contributed by atoms with Crippen LogP contribution in [0.5, 0.6) is 0 Å². The minimum atomic E-state index is -4.19. The van der Waals surface area contributed by atoms with Crippen molar-refractivity contribution < 1.29 is 22.7 Å².